The van der Waals surface area contributed by atoms with Crippen molar-refractivity contribution in [1.82, 2.24) is 19.8 Å². The average molecular weight is 527 g/mol. The number of aromatic nitrogens is 2. The summed E-state index contributed by atoms with van der Waals surface area (Å²) in [6.07, 6.45) is 1.78. The topological polar surface area (TPSA) is 91.2 Å². The van der Waals surface area contributed by atoms with E-state index in [0.29, 0.717) is 45.1 Å². The second-order valence-electron chi connectivity index (χ2n) is 12.2. The zero-order chi connectivity index (χ0) is 27.7. The molecule has 0 radical (unpaired) electrons. The first kappa shape index (κ1) is 29.1. The molecule has 3 unspecified atom stereocenters. The summed E-state index contributed by atoms with van der Waals surface area (Å²) < 4.78 is 11.7. The van der Waals surface area contributed by atoms with Crippen LogP contribution in [0.25, 0.3) is 0 Å². The van der Waals surface area contributed by atoms with Crippen molar-refractivity contribution in [1.29, 1.82) is 0 Å². The third-order valence-electron chi connectivity index (χ3n) is 7.76. The Kier molecular flexibility index (Phi) is 8.91. The highest BCUT2D eigenvalue weighted by Crippen LogP contribution is 2.40. The van der Waals surface area contributed by atoms with E-state index in [1.165, 1.54) is 0 Å². The molecule has 2 saturated heterocycles. The number of nitrogens with zero attached hydrogens (tertiary/aromatic N) is 4. The molecule has 0 spiro atoms. The molecule has 2 aliphatic heterocycles. The number of hydrogen-bond acceptors (Lipinski definition) is 8. The van der Waals surface area contributed by atoms with E-state index in [0.717, 1.165) is 40.3 Å². The minimum atomic E-state index is -1.06. The van der Waals surface area contributed by atoms with E-state index in [1.807, 2.05) is 52.5 Å². The fraction of sp³-hybridized carbons (Fsp3) is 0.667. The van der Waals surface area contributed by atoms with Gasteiger partial charge < -0.3 is 29.5 Å². The molecule has 38 heavy (non-hydrogen) atoms. The Labute approximate surface area is 228 Å². The number of rotatable bonds is 10. The van der Waals surface area contributed by atoms with Crippen LogP contribution in [0, 0.1) is 0 Å². The molecular formula is C30H46N4O4. The van der Waals surface area contributed by atoms with Crippen LogP contribution in [-0.2, 0) is 33.8 Å². The van der Waals surface area contributed by atoms with Crippen LogP contribution in [0.15, 0.2) is 24.3 Å². The summed E-state index contributed by atoms with van der Waals surface area (Å²) in [4.78, 5) is 14.1. The van der Waals surface area contributed by atoms with Crippen molar-refractivity contribution < 1.29 is 19.7 Å². The van der Waals surface area contributed by atoms with E-state index in [-0.39, 0.29) is 18.6 Å². The highest BCUT2D eigenvalue weighted by Gasteiger charge is 2.42. The number of aliphatic hydroxyl groups is 2. The van der Waals surface area contributed by atoms with Gasteiger partial charge in [0.1, 0.15) is 11.2 Å². The summed E-state index contributed by atoms with van der Waals surface area (Å²) in [6.45, 7) is 8.88. The standard InChI is InChI=1S/C30H46N4O4/c1-20(2)25-10-8-24(28(31-25)17-34(6)7)30(36)15-22(38-19-30)14-21(3)26-11-9-23(27(32-26)16-33(4)5)29(35)12-13-37-18-29/h8-11,20-22,35-36H,12-19H2,1-7H3/t21?,22?,29-,30?/m1/s1. The molecule has 2 aromatic rings. The normalized spacial score (nSPS) is 26.7. The molecule has 4 atom stereocenters. The summed E-state index contributed by atoms with van der Waals surface area (Å²) in [6, 6.07) is 8.13. The van der Waals surface area contributed by atoms with Gasteiger partial charge >= 0.3 is 0 Å². The zero-order valence-corrected chi connectivity index (χ0v) is 24.2. The molecule has 0 aliphatic carbocycles. The maximum absolute atomic E-state index is 11.7. The molecular weight excluding hydrogens is 480 g/mol. The number of pyridine rings is 2. The molecule has 0 amide bonds. The second kappa shape index (κ2) is 11.7. The lowest BCUT2D eigenvalue weighted by atomic mass is 9.86. The first-order chi connectivity index (χ1) is 17.9. The smallest absolute Gasteiger partial charge is 0.117 e. The molecule has 2 fully saturated rings. The summed E-state index contributed by atoms with van der Waals surface area (Å²) in [5.41, 5.74) is 3.51. The van der Waals surface area contributed by atoms with Crippen molar-refractivity contribution in [3.63, 3.8) is 0 Å². The van der Waals surface area contributed by atoms with Gasteiger partial charge in [-0.3, -0.25) is 9.97 Å². The minimum Gasteiger partial charge on any atom is -0.383 e. The summed E-state index contributed by atoms with van der Waals surface area (Å²) in [5.74, 6) is 0.459. The van der Waals surface area contributed by atoms with Gasteiger partial charge in [0.25, 0.3) is 0 Å². The quantitative estimate of drug-likeness (QED) is 0.486. The zero-order valence-electron chi connectivity index (χ0n) is 24.2. The van der Waals surface area contributed by atoms with Crippen molar-refractivity contribution in [2.45, 2.75) is 82.3 Å². The highest BCUT2D eigenvalue weighted by molar-refractivity contribution is 5.33. The Bertz CT molecular complexity index is 1100. The molecule has 4 heterocycles. The first-order valence-electron chi connectivity index (χ1n) is 13.8. The lowest BCUT2D eigenvalue weighted by Gasteiger charge is -2.27. The monoisotopic (exact) mass is 526 g/mol. The molecule has 0 bridgehead atoms. The summed E-state index contributed by atoms with van der Waals surface area (Å²) in [7, 11) is 8.07. The van der Waals surface area contributed by atoms with Crippen LogP contribution in [0.4, 0.5) is 0 Å². The van der Waals surface area contributed by atoms with Crippen LogP contribution >= 0.6 is 0 Å². The van der Waals surface area contributed by atoms with E-state index in [4.69, 9.17) is 19.4 Å². The minimum absolute atomic E-state index is 0.0850. The van der Waals surface area contributed by atoms with E-state index >= 15 is 0 Å². The van der Waals surface area contributed by atoms with Gasteiger partial charge in [0.15, 0.2) is 0 Å². The number of ether oxygens (including phenoxy) is 2. The third kappa shape index (κ3) is 6.43. The second-order valence-corrected chi connectivity index (χ2v) is 12.2. The molecule has 2 N–H and O–H groups in total. The fourth-order valence-corrected chi connectivity index (χ4v) is 5.69. The molecule has 4 rings (SSSR count). The maximum Gasteiger partial charge on any atom is 0.117 e. The van der Waals surface area contributed by atoms with Gasteiger partial charge in [0.2, 0.25) is 0 Å². The molecule has 210 valence electrons. The van der Waals surface area contributed by atoms with Crippen LogP contribution < -0.4 is 0 Å². The van der Waals surface area contributed by atoms with Gasteiger partial charge in [0.05, 0.1) is 30.7 Å². The van der Waals surface area contributed by atoms with Crippen LogP contribution in [-0.4, -0.2) is 84.1 Å². The van der Waals surface area contributed by atoms with Crippen molar-refractivity contribution in [2.75, 3.05) is 48.0 Å². The molecule has 0 saturated carbocycles. The first-order valence-corrected chi connectivity index (χ1v) is 13.8. The summed E-state index contributed by atoms with van der Waals surface area (Å²) >= 11 is 0. The molecule has 2 aromatic heterocycles. The van der Waals surface area contributed by atoms with Crippen LogP contribution in [0.2, 0.25) is 0 Å². The van der Waals surface area contributed by atoms with Gasteiger partial charge in [-0.15, -0.1) is 0 Å². The molecule has 8 heteroatoms. The van der Waals surface area contributed by atoms with E-state index in [9.17, 15) is 10.2 Å². The third-order valence-corrected chi connectivity index (χ3v) is 7.76. The van der Waals surface area contributed by atoms with Crippen molar-refractivity contribution >= 4 is 0 Å². The molecule has 2 aliphatic rings. The van der Waals surface area contributed by atoms with E-state index in [2.05, 4.69) is 30.6 Å². The maximum atomic E-state index is 11.7. The molecule has 8 nitrogen and oxygen atoms in total. The lowest BCUT2D eigenvalue weighted by Crippen LogP contribution is -2.30. The van der Waals surface area contributed by atoms with Gasteiger partial charge in [0, 0.05) is 61.0 Å². The Morgan fingerprint density at radius 1 is 0.868 bits per heavy atom. The Hall–Kier alpha value is -1.94. The van der Waals surface area contributed by atoms with E-state index < -0.39 is 11.2 Å². The molecule has 0 aromatic carbocycles. The Morgan fingerprint density at radius 2 is 1.45 bits per heavy atom. The van der Waals surface area contributed by atoms with Crippen molar-refractivity contribution in [3.8, 4) is 0 Å². The Morgan fingerprint density at radius 3 is 2.00 bits per heavy atom. The van der Waals surface area contributed by atoms with Crippen molar-refractivity contribution in [3.05, 3.63) is 58.2 Å². The fourth-order valence-electron chi connectivity index (χ4n) is 5.69. The van der Waals surface area contributed by atoms with E-state index in [1.54, 1.807) is 0 Å². The van der Waals surface area contributed by atoms with Gasteiger partial charge in [-0.05, 0) is 52.7 Å². The highest BCUT2D eigenvalue weighted by atomic mass is 16.5. The average Bonchev–Trinajstić information content (AvgIpc) is 3.44. The SMILES string of the molecule is CC(C)c1ccc(C2(O)COC(CC(C)c3ccc([C@@]4(O)CCOC4)c(CN(C)C)n3)C2)c(CN(C)C)n1. The summed E-state index contributed by atoms with van der Waals surface area (Å²) in [5, 5.41) is 22.9. The Balaban J connectivity index is 1.51. The van der Waals surface area contributed by atoms with Crippen molar-refractivity contribution in [2.24, 2.45) is 0 Å². The largest absolute Gasteiger partial charge is 0.383 e. The van der Waals surface area contributed by atoms with Gasteiger partial charge in [-0.25, -0.2) is 0 Å². The van der Waals surface area contributed by atoms with Crippen LogP contribution in [0.3, 0.4) is 0 Å². The van der Waals surface area contributed by atoms with Crippen LogP contribution in [0.1, 0.15) is 85.8 Å². The predicted molar refractivity (Wildman–Crippen MR) is 148 cm³/mol. The van der Waals surface area contributed by atoms with Crippen LogP contribution in [0.5, 0.6) is 0 Å². The number of hydrogen-bond donors (Lipinski definition) is 2. The predicted octanol–water partition coefficient (Wildman–Crippen LogP) is 3.50. The lowest BCUT2D eigenvalue weighted by molar-refractivity contribution is 0.0159. The van der Waals surface area contributed by atoms with Gasteiger partial charge in [-0.2, -0.15) is 0 Å². The van der Waals surface area contributed by atoms with Gasteiger partial charge in [-0.1, -0.05) is 32.9 Å².